The minimum absolute atomic E-state index is 0.0812. The van der Waals surface area contributed by atoms with Crippen LogP contribution in [-0.2, 0) is 9.84 Å². The molecule has 0 aliphatic carbocycles. The van der Waals surface area contributed by atoms with Gasteiger partial charge in [0.1, 0.15) is 22.5 Å². The van der Waals surface area contributed by atoms with Crippen molar-refractivity contribution >= 4 is 15.5 Å². The predicted octanol–water partition coefficient (Wildman–Crippen LogP) is 0.507. The lowest BCUT2D eigenvalue weighted by molar-refractivity contribution is 0.598. The molecular formula is C11H15N5O2S. The number of hydrogen-bond donors (Lipinski definition) is 1. The third-order valence-corrected chi connectivity index (χ3v) is 3.47. The van der Waals surface area contributed by atoms with Crippen LogP contribution in [0.4, 0.5) is 5.69 Å². The van der Waals surface area contributed by atoms with Crippen LogP contribution in [0.3, 0.4) is 0 Å². The number of nitrogens with zero attached hydrogens (tertiary/aromatic N) is 4. The van der Waals surface area contributed by atoms with Gasteiger partial charge in [-0.15, -0.1) is 0 Å². The molecule has 102 valence electrons. The van der Waals surface area contributed by atoms with Gasteiger partial charge in [0.15, 0.2) is 5.82 Å². The molecule has 1 atom stereocenters. The van der Waals surface area contributed by atoms with Crippen LogP contribution in [0.5, 0.6) is 0 Å². The molecule has 2 aromatic rings. The summed E-state index contributed by atoms with van der Waals surface area (Å²) in [4.78, 5) is 8.06. The summed E-state index contributed by atoms with van der Waals surface area (Å²) >= 11 is 0. The highest BCUT2D eigenvalue weighted by molar-refractivity contribution is 7.90. The van der Waals surface area contributed by atoms with Crippen LogP contribution in [0.25, 0.3) is 5.82 Å². The molecule has 0 bridgehead atoms. The molecule has 1 unspecified atom stereocenters. The van der Waals surface area contributed by atoms with Gasteiger partial charge in [0, 0.05) is 12.3 Å². The van der Waals surface area contributed by atoms with E-state index in [1.165, 1.54) is 12.6 Å². The van der Waals surface area contributed by atoms with Gasteiger partial charge in [0.05, 0.1) is 17.6 Å². The first-order chi connectivity index (χ1) is 8.94. The van der Waals surface area contributed by atoms with E-state index in [-0.39, 0.29) is 11.8 Å². The fraction of sp³-hybridized carbons (Fsp3) is 0.364. The molecular weight excluding hydrogens is 266 g/mol. The Bertz CT molecular complexity index is 622. The summed E-state index contributed by atoms with van der Waals surface area (Å²) in [7, 11) is -2.99. The normalized spacial score (nSPS) is 13.2. The van der Waals surface area contributed by atoms with Crippen molar-refractivity contribution in [2.75, 3.05) is 17.3 Å². The van der Waals surface area contributed by atoms with E-state index in [0.29, 0.717) is 5.82 Å². The van der Waals surface area contributed by atoms with Crippen molar-refractivity contribution in [1.29, 1.82) is 0 Å². The van der Waals surface area contributed by atoms with Crippen molar-refractivity contribution in [3.05, 3.63) is 31.0 Å². The second-order valence-corrected chi connectivity index (χ2v) is 6.57. The number of aromatic nitrogens is 4. The summed E-state index contributed by atoms with van der Waals surface area (Å²) in [6, 6.07) is 3.43. The van der Waals surface area contributed by atoms with E-state index in [4.69, 9.17) is 0 Å². The molecule has 0 aromatic carbocycles. The van der Waals surface area contributed by atoms with Crippen molar-refractivity contribution in [3.63, 3.8) is 0 Å². The second kappa shape index (κ2) is 5.35. The zero-order valence-electron chi connectivity index (χ0n) is 10.7. The third kappa shape index (κ3) is 4.02. The Balaban J connectivity index is 2.03. The summed E-state index contributed by atoms with van der Waals surface area (Å²) in [6.07, 6.45) is 5.84. The summed E-state index contributed by atoms with van der Waals surface area (Å²) in [6.45, 7) is 1.81. The van der Waals surface area contributed by atoms with Crippen molar-refractivity contribution in [3.8, 4) is 5.82 Å². The Morgan fingerprint density at radius 2 is 2.21 bits per heavy atom. The van der Waals surface area contributed by atoms with Crippen LogP contribution in [0.2, 0.25) is 0 Å². The van der Waals surface area contributed by atoms with Crippen LogP contribution in [0.1, 0.15) is 6.92 Å². The minimum Gasteiger partial charge on any atom is -0.380 e. The van der Waals surface area contributed by atoms with Crippen molar-refractivity contribution in [2.45, 2.75) is 13.0 Å². The SMILES string of the molecule is CC(CS(C)(=O)=O)Nc1ccc(-n2cncn2)nc1. The largest absolute Gasteiger partial charge is 0.380 e. The molecule has 0 saturated carbocycles. The highest BCUT2D eigenvalue weighted by Crippen LogP contribution is 2.10. The quantitative estimate of drug-likeness (QED) is 0.858. The Kier molecular flexibility index (Phi) is 3.79. The monoisotopic (exact) mass is 281 g/mol. The van der Waals surface area contributed by atoms with Crippen LogP contribution in [-0.4, -0.2) is 46.2 Å². The number of sulfone groups is 1. The van der Waals surface area contributed by atoms with Gasteiger partial charge in [-0.25, -0.2) is 23.1 Å². The van der Waals surface area contributed by atoms with Crippen molar-refractivity contribution in [1.82, 2.24) is 19.7 Å². The van der Waals surface area contributed by atoms with Gasteiger partial charge < -0.3 is 5.32 Å². The maximum atomic E-state index is 11.2. The average Bonchev–Trinajstić information content (AvgIpc) is 2.80. The minimum atomic E-state index is -2.99. The molecule has 2 aromatic heterocycles. The molecule has 0 amide bonds. The van der Waals surface area contributed by atoms with E-state index in [9.17, 15) is 8.42 Å². The molecule has 7 nitrogen and oxygen atoms in total. The summed E-state index contributed by atoms with van der Waals surface area (Å²) < 4.78 is 23.9. The first kappa shape index (κ1) is 13.5. The number of anilines is 1. The van der Waals surface area contributed by atoms with Crippen LogP contribution < -0.4 is 5.32 Å². The van der Waals surface area contributed by atoms with Gasteiger partial charge in [-0.3, -0.25) is 0 Å². The van der Waals surface area contributed by atoms with Gasteiger partial charge in [-0.2, -0.15) is 5.10 Å². The van der Waals surface area contributed by atoms with E-state index in [2.05, 4.69) is 20.4 Å². The standard InChI is InChI=1S/C11H15N5O2S/c1-9(6-19(2,17)18)15-10-3-4-11(13-5-10)16-8-12-7-14-16/h3-5,7-9,15H,6H2,1-2H3. The number of pyridine rings is 1. The van der Waals surface area contributed by atoms with Crippen LogP contribution in [0, 0.1) is 0 Å². The zero-order chi connectivity index (χ0) is 13.9. The van der Waals surface area contributed by atoms with Crippen molar-refractivity contribution < 1.29 is 8.42 Å². The molecule has 0 aliphatic heterocycles. The predicted molar refractivity (Wildman–Crippen MR) is 71.9 cm³/mol. The van der Waals surface area contributed by atoms with Crippen LogP contribution in [0.15, 0.2) is 31.0 Å². The maximum absolute atomic E-state index is 11.2. The molecule has 0 saturated heterocycles. The Labute approximate surface area is 111 Å². The second-order valence-electron chi connectivity index (χ2n) is 4.38. The third-order valence-electron chi connectivity index (χ3n) is 2.37. The molecule has 19 heavy (non-hydrogen) atoms. The topological polar surface area (TPSA) is 89.8 Å². The maximum Gasteiger partial charge on any atom is 0.155 e. The lowest BCUT2D eigenvalue weighted by Crippen LogP contribution is -2.25. The van der Waals surface area contributed by atoms with Gasteiger partial charge in [-0.1, -0.05) is 0 Å². The fourth-order valence-electron chi connectivity index (χ4n) is 1.71. The summed E-state index contributed by atoms with van der Waals surface area (Å²) in [5.74, 6) is 0.733. The van der Waals surface area contributed by atoms with Gasteiger partial charge >= 0.3 is 0 Å². The molecule has 2 rings (SSSR count). The Morgan fingerprint density at radius 3 is 2.74 bits per heavy atom. The summed E-state index contributed by atoms with van der Waals surface area (Å²) in [5, 5.41) is 7.05. The highest BCUT2D eigenvalue weighted by Gasteiger charge is 2.10. The smallest absolute Gasteiger partial charge is 0.155 e. The zero-order valence-corrected chi connectivity index (χ0v) is 11.5. The van der Waals surface area contributed by atoms with Crippen LogP contribution >= 0.6 is 0 Å². The van der Waals surface area contributed by atoms with Gasteiger partial charge in [-0.05, 0) is 19.1 Å². The molecule has 0 radical (unpaired) electrons. The first-order valence-electron chi connectivity index (χ1n) is 5.69. The lowest BCUT2D eigenvalue weighted by Gasteiger charge is -2.13. The fourth-order valence-corrected chi connectivity index (χ4v) is 2.71. The van der Waals surface area contributed by atoms with E-state index in [0.717, 1.165) is 5.69 Å². The molecule has 0 spiro atoms. The molecule has 2 heterocycles. The van der Waals surface area contributed by atoms with E-state index < -0.39 is 9.84 Å². The number of hydrogen-bond acceptors (Lipinski definition) is 6. The Morgan fingerprint density at radius 1 is 1.42 bits per heavy atom. The van der Waals surface area contributed by atoms with Gasteiger partial charge in [0.25, 0.3) is 0 Å². The van der Waals surface area contributed by atoms with Gasteiger partial charge in [0.2, 0.25) is 0 Å². The highest BCUT2D eigenvalue weighted by atomic mass is 32.2. The number of nitrogens with one attached hydrogen (secondary N) is 1. The first-order valence-corrected chi connectivity index (χ1v) is 7.75. The van der Waals surface area contributed by atoms with Crippen molar-refractivity contribution in [2.24, 2.45) is 0 Å². The molecule has 8 heteroatoms. The Hall–Kier alpha value is -1.96. The van der Waals surface area contributed by atoms with E-state index in [1.54, 1.807) is 23.3 Å². The lowest BCUT2D eigenvalue weighted by atomic mass is 10.3. The molecule has 1 N–H and O–H groups in total. The molecule has 0 fully saturated rings. The van der Waals surface area contributed by atoms with E-state index in [1.807, 2.05) is 13.0 Å². The summed E-state index contributed by atoms with van der Waals surface area (Å²) in [5.41, 5.74) is 0.764. The average molecular weight is 281 g/mol. The molecule has 0 aliphatic rings. The number of rotatable bonds is 5. The van der Waals surface area contributed by atoms with E-state index >= 15 is 0 Å².